The van der Waals surface area contributed by atoms with Gasteiger partial charge in [0.15, 0.2) is 0 Å². The number of hydrogen-bond donors (Lipinski definition) is 0. The molecule has 0 saturated carbocycles. The highest BCUT2D eigenvalue weighted by molar-refractivity contribution is 6.35. The summed E-state index contributed by atoms with van der Waals surface area (Å²) in [6, 6.07) is 8.35. The van der Waals surface area contributed by atoms with Crippen LogP contribution in [-0.2, 0) is 12.6 Å². The van der Waals surface area contributed by atoms with Crippen LogP contribution in [0.1, 0.15) is 23.6 Å². The predicted octanol–water partition coefficient (Wildman–Crippen LogP) is 6.21. The maximum Gasteiger partial charge on any atom is 0.416 e. The van der Waals surface area contributed by atoms with Gasteiger partial charge in [-0.05, 0) is 48.7 Å². The van der Waals surface area contributed by atoms with E-state index in [2.05, 4.69) is 4.99 Å². The number of benzene rings is 2. The molecule has 0 N–H and O–H groups in total. The van der Waals surface area contributed by atoms with Gasteiger partial charge in [0.25, 0.3) is 0 Å². The van der Waals surface area contributed by atoms with Gasteiger partial charge in [-0.2, -0.15) is 13.2 Å². The van der Waals surface area contributed by atoms with Gasteiger partial charge in [-0.3, -0.25) is 0 Å². The lowest BCUT2D eigenvalue weighted by atomic mass is 10.0. The van der Waals surface area contributed by atoms with E-state index in [0.717, 1.165) is 24.2 Å². The molecule has 0 aromatic heterocycles. The molecule has 2 aromatic carbocycles. The molecular weight excluding hydrogens is 372 g/mol. The van der Waals surface area contributed by atoms with Crippen molar-refractivity contribution in [3.8, 4) is 0 Å². The summed E-state index contributed by atoms with van der Waals surface area (Å²) >= 11 is 12.5. The second-order valence-corrected chi connectivity index (χ2v) is 6.40. The molecule has 0 fully saturated rings. The standard InChI is InChI=1S/C18H17Cl2F3N2/c1-3-25(2)11-24-17-10-15(19)13(9-16(17)20)8-12-4-6-14(7-5-12)18(21,22)23/h4-7,9-11H,3,8H2,1-2H3/b24-11-. The van der Waals surface area contributed by atoms with Crippen molar-refractivity contribution in [2.75, 3.05) is 13.6 Å². The van der Waals surface area contributed by atoms with Crippen LogP contribution in [0.3, 0.4) is 0 Å². The van der Waals surface area contributed by atoms with Gasteiger partial charge in [-0.25, -0.2) is 4.99 Å². The molecule has 134 valence electrons. The number of rotatable bonds is 5. The maximum absolute atomic E-state index is 12.6. The lowest BCUT2D eigenvalue weighted by Gasteiger charge is -2.11. The van der Waals surface area contributed by atoms with E-state index in [-0.39, 0.29) is 0 Å². The minimum atomic E-state index is -4.34. The van der Waals surface area contributed by atoms with Crippen molar-refractivity contribution in [3.05, 3.63) is 63.1 Å². The van der Waals surface area contributed by atoms with E-state index in [0.29, 0.717) is 27.7 Å². The average molecular weight is 389 g/mol. The first-order valence-corrected chi connectivity index (χ1v) is 8.34. The van der Waals surface area contributed by atoms with E-state index in [1.165, 1.54) is 12.1 Å². The molecule has 0 heterocycles. The zero-order valence-corrected chi connectivity index (χ0v) is 15.3. The summed E-state index contributed by atoms with van der Waals surface area (Å²) in [7, 11) is 1.89. The normalized spacial score (nSPS) is 12.0. The fraction of sp³-hybridized carbons (Fsp3) is 0.278. The molecule has 0 amide bonds. The van der Waals surface area contributed by atoms with E-state index in [4.69, 9.17) is 23.2 Å². The third kappa shape index (κ3) is 5.38. The Morgan fingerprint density at radius 2 is 1.72 bits per heavy atom. The summed E-state index contributed by atoms with van der Waals surface area (Å²) in [5.41, 5.74) is 1.32. The van der Waals surface area contributed by atoms with Crippen molar-refractivity contribution in [2.24, 2.45) is 4.99 Å². The van der Waals surface area contributed by atoms with Gasteiger partial charge in [-0.15, -0.1) is 0 Å². The maximum atomic E-state index is 12.6. The molecule has 0 aliphatic heterocycles. The highest BCUT2D eigenvalue weighted by Crippen LogP contribution is 2.33. The van der Waals surface area contributed by atoms with Crippen LogP contribution in [0.5, 0.6) is 0 Å². The van der Waals surface area contributed by atoms with Gasteiger partial charge in [0.05, 0.1) is 22.6 Å². The highest BCUT2D eigenvalue weighted by atomic mass is 35.5. The molecule has 0 spiro atoms. The lowest BCUT2D eigenvalue weighted by molar-refractivity contribution is -0.137. The van der Waals surface area contributed by atoms with Crippen molar-refractivity contribution in [1.29, 1.82) is 0 Å². The number of alkyl halides is 3. The summed E-state index contributed by atoms with van der Waals surface area (Å²) in [6.45, 7) is 2.80. The second kappa shape index (κ2) is 8.11. The molecule has 0 aliphatic rings. The van der Waals surface area contributed by atoms with Crippen LogP contribution >= 0.6 is 23.2 Å². The van der Waals surface area contributed by atoms with Gasteiger partial charge in [0.2, 0.25) is 0 Å². The molecular formula is C18H17Cl2F3N2. The smallest absolute Gasteiger partial charge is 0.366 e. The molecule has 2 nitrogen and oxygen atoms in total. The summed E-state index contributed by atoms with van der Waals surface area (Å²) in [5, 5.41) is 0.905. The monoisotopic (exact) mass is 388 g/mol. The molecule has 2 rings (SSSR count). The second-order valence-electron chi connectivity index (χ2n) is 5.58. The SMILES string of the molecule is CCN(C)/C=N\c1cc(Cl)c(Cc2ccc(C(F)(F)F)cc2)cc1Cl. The Morgan fingerprint density at radius 1 is 1.08 bits per heavy atom. The summed E-state index contributed by atoms with van der Waals surface area (Å²) < 4.78 is 37.8. The first kappa shape index (κ1) is 19.6. The van der Waals surface area contributed by atoms with Crippen LogP contribution in [0, 0.1) is 0 Å². The Labute approximate surface area is 154 Å². The highest BCUT2D eigenvalue weighted by Gasteiger charge is 2.29. The minimum Gasteiger partial charge on any atom is -0.366 e. The predicted molar refractivity (Wildman–Crippen MR) is 97.2 cm³/mol. The number of halogens is 5. The van der Waals surface area contributed by atoms with Crippen molar-refractivity contribution in [2.45, 2.75) is 19.5 Å². The third-order valence-electron chi connectivity index (χ3n) is 3.68. The molecule has 2 aromatic rings. The Balaban J connectivity index is 2.20. The minimum absolute atomic E-state index is 0.384. The van der Waals surface area contributed by atoms with Crippen LogP contribution in [-0.4, -0.2) is 24.8 Å². The summed E-state index contributed by atoms with van der Waals surface area (Å²) in [5.74, 6) is 0. The van der Waals surface area contributed by atoms with Crippen molar-refractivity contribution < 1.29 is 13.2 Å². The first-order valence-electron chi connectivity index (χ1n) is 7.59. The van der Waals surface area contributed by atoms with E-state index < -0.39 is 11.7 Å². The number of nitrogens with zero attached hydrogens (tertiary/aromatic N) is 2. The largest absolute Gasteiger partial charge is 0.416 e. The molecule has 0 saturated heterocycles. The number of hydrogen-bond acceptors (Lipinski definition) is 1. The first-order chi connectivity index (χ1) is 11.7. The average Bonchev–Trinajstić information content (AvgIpc) is 2.56. The Bertz CT molecular complexity index is 756. The van der Waals surface area contributed by atoms with Crippen molar-refractivity contribution >= 4 is 35.2 Å². The zero-order chi connectivity index (χ0) is 18.6. The third-order valence-corrected chi connectivity index (χ3v) is 4.34. The van der Waals surface area contributed by atoms with Crippen LogP contribution in [0.2, 0.25) is 10.0 Å². The fourth-order valence-electron chi connectivity index (χ4n) is 2.09. The van der Waals surface area contributed by atoms with Crippen LogP contribution < -0.4 is 0 Å². The number of aliphatic imine (C=N–C) groups is 1. The van der Waals surface area contributed by atoms with E-state index in [9.17, 15) is 13.2 Å². The summed E-state index contributed by atoms with van der Waals surface area (Å²) in [4.78, 5) is 6.17. The van der Waals surface area contributed by atoms with E-state index in [1.54, 1.807) is 18.5 Å². The van der Waals surface area contributed by atoms with Crippen molar-refractivity contribution in [1.82, 2.24) is 4.90 Å². The molecule has 7 heteroatoms. The fourth-order valence-corrected chi connectivity index (χ4v) is 2.55. The van der Waals surface area contributed by atoms with Crippen LogP contribution in [0.4, 0.5) is 18.9 Å². The van der Waals surface area contributed by atoms with Gasteiger partial charge in [0, 0.05) is 18.6 Å². The molecule has 0 bridgehead atoms. The van der Waals surface area contributed by atoms with Gasteiger partial charge in [0.1, 0.15) is 0 Å². The molecule has 0 aliphatic carbocycles. The molecule has 25 heavy (non-hydrogen) atoms. The Hall–Kier alpha value is -1.72. The topological polar surface area (TPSA) is 15.6 Å². The quantitative estimate of drug-likeness (QED) is 0.438. The van der Waals surface area contributed by atoms with Gasteiger partial charge >= 0.3 is 6.18 Å². The van der Waals surface area contributed by atoms with Crippen molar-refractivity contribution in [3.63, 3.8) is 0 Å². The lowest BCUT2D eigenvalue weighted by Crippen LogP contribution is -2.14. The zero-order valence-electron chi connectivity index (χ0n) is 13.7. The van der Waals surface area contributed by atoms with Gasteiger partial charge < -0.3 is 4.90 Å². The van der Waals surface area contributed by atoms with E-state index in [1.807, 2.05) is 18.9 Å². The van der Waals surface area contributed by atoms with Gasteiger partial charge in [-0.1, -0.05) is 35.3 Å². The Morgan fingerprint density at radius 3 is 2.28 bits per heavy atom. The molecule has 0 unspecified atom stereocenters. The summed E-state index contributed by atoms with van der Waals surface area (Å²) in [6.07, 6.45) is -2.30. The molecule has 0 radical (unpaired) electrons. The van der Waals surface area contributed by atoms with Crippen LogP contribution in [0.15, 0.2) is 41.4 Å². The molecule has 0 atom stereocenters. The Kier molecular flexibility index (Phi) is 6.36. The van der Waals surface area contributed by atoms with E-state index >= 15 is 0 Å². The van der Waals surface area contributed by atoms with Crippen LogP contribution in [0.25, 0.3) is 0 Å².